The van der Waals surface area contributed by atoms with Crippen LogP contribution in [0.3, 0.4) is 0 Å². The van der Waals surface area contributed by atoms with Gasteiger partial charge in [-0.3, -0.25) is 0 Å². The molecule has 2 saturated carbocycles. The molecule has 2 fully saturated rings. The first-order chi connectivity index (χ1) is 14.3. The van der Waals surface area contributed by atoms with Gasteiger partial charge >= 0.3 is 8.80 Å². The lowest BCUT2D eigenvalue weighted by molar-refractivity contribution is 0.207. The lowest BCUT2D eigenvalue weighted by Gasteiger charge is -2.41. The molecule has 3 aromatic carbocycles. The highest BCUT2D eigenvalue weighted by Crippen LogP contribution is 2.64. The van der Waals surface area contributed by atoms with Crippen molar-refractivity contribution < 1.29 is 13.3 Å². The lowest BCUT2D eigenvalue weighted by Crippen LogP contribution is -2.63. The third kappa shape index (κ3) is 3.53. The van der Waals surface area contributed by atoms with Gasteiger partial charge in [0.05, 0.1) is 5.04 Å². The molecule has 0 atom stereocenters. The molecule has 0 aliphatic heterocycles. The number of rotatable bonds is 7. The predicted molar refractivity (Wildman–Crippen MR) is 116 cm³/mol. The molecule has 0 spiro atoms. The second-order valence-electron chi connectivity index (χ2n) is 8.23. The average molecular weight is 403 g/mol. The zero-order chi connectivity index (χ0) is 19.6. The molecule has 3 nitrogen and oxygen atoms in total. The minimum atomic E-state index is -3.19. The van der Waals surface area contributed by atoms with Crippen molar-refractivity contribution in [2.24, 2.45) is 5.92 Å². The summed E-state index contributed by atoms with van der Waals surface area (Å²) in [6.07, 6.45) is 5.82. The van der Waals surface area contributed by atoms with Gasteiger partial charge < -0.3 is 13.3 Å². The van der Waals surface area contributed by atoms with E-state index in [1.54, 1.807) is 0 Å². The minimum Gasteiger partial charge on any atom is -0.483 e. The van der Waals surface area contributed by atoms with Gasteiger partial charge in [-0.25, -0.2) is 0 Å². The summed E-state index contributed by atoms with van der Waals surface area (Å²) in [5, 5.41) is -0.0425. The van der Waals surface area contributed by atoms with Gasteiger partial charge in [-0.1, -0.05) is 54.6 Å². The van der Waals surface area contributed by atoms with Gasteiger partial charge in [0, 0.05) is 0 Å². The Balaban J connectivity index is 1.61. The summed E-state index contributed by atoms with van der Waals surface area (Å²) in [6, 6.07) is 30.1. The molecule has 29 heavy (non-hydrogen) atoms. The second-order valence-corrected chi connectivity index (χ2v) is 11.0. The van der Waals surface area contributed by atoms with Crippen molar-refractivity contribution in [1.82, 2.24) is 0 Å². The van der Waals surface area contributed by atoms with Crippen molar-refractivity contribution >= 4 is 8.80 Å². The SMILES string of the molecule is c1ccc(O[Si](Oc2ccccc2)(Oc2ccccc2)C23CCC(CC2)C3)cc1. The van der Waals surface area contributed by atoms with Gasteiger partial charge in [-0.05, 0) is 74.4 Å². The van der Waals surface area contributed by atoms with Crippen molar-refractivity contribution in [2.45, 2.75) is 37.1 Å². The van der Waals surface area contributed by atoms with Crippen LogP contribution in [0.15, 0.2) is 91.0 Å². The summed E-state index contributed by atoms with van der Waals surface area (Å²) < 4.78 is 20.4. The van der Waals surface area contributed by atoms with Gasteiger partial charge in [0.1, 0.15) is 17.2 Å². The van der Waals surface area contributed by atoms with Gasteiger partial charge in [-0.2, -0.15) is 0 Å². The Morgan fingerprint density at radius 3 is 1.28 bits per heavy atom. The van der Waals surface area contributed by atoms with Crippen LogP contribution in [0.4, 0.5) is 0 Å². The molecule has 5 rings (SSSR count). The molecule has 2 aliphatic rings. The number of fused-ring (bicyclic) bond motifs is 2. The van der Waals surface area contributed by atoms with Crippen LogP contribution in [0.25, 0.3) is 0 Å². The van der Waals surface area contributed by atoms with E-state index in [2.05, 4.69) is 0 Å². The number of para-hydroxylation sites is 3. The summed E-state index contributed by atoms with van der Waals surface area (Å²) in [7, 11) is -3.19. The van der Waals surface area contributed by atoms with Crippen LogP contribution in [0.5, 0.6) is 17.2 Å². The Kier molecular flexibility index (Phi) is 4.80. The number of hydrogen-bond acceptors (Lipinski definition) is 3. The van der Waals surface area contributed by atoms with Gasteiger partial charge in [0.25, 0.3) is 0 Å². The van der Waals surface area contributed by atoms with E-state index in [0.717, 1.165) is 42.4 Å². The Morgan fingerprint density at radius 2 is 0.966 bits per heavy atom. The lowest BCUT2D eigenvalue weighted by atomic mass is 10.0. The summed E-state index contributed by atoms with van der Waals surface area (Å²) in [5.74, 6) is 3.21. The molecule has 0 unspecified atom stereocenters. The van der Waals surface area contributed by atoms with Crippen LogP contribution in [-0.2, 0) is 0 Å². The quantitative estimate of drug-likeness (QED) is 0.422. The first-order valence-corrected chi connectivity index (χ1v) is 12.2. The smallest absolute Gasteiger partial charge is 0.483 e. The maximum absolute atomic E-state index is 6.81. The van der Waals surface area contributed by atoms with Gasteiger partial charge in [0.15, 0.2) is 0 Å². The Labute approximate surface area is 173 Å². The van der Waals surface area contributed by atoms with Crippen LogP contribution in [0.1, 0.15) is 32.1 Å². The topological polar surface area (TPSA) is 27.7 Å². The molecule has 4 heteroatoms. The zero-order valence-electron chi connectivity index (χ0n) is 16.5. The summed E-state index contributed by atoms with van der Waals surface area (Å²) in [6.45, 7) is 0. The molecule has 0 N–H and O–H groups in total. The van der Waals surface area contributed by atoms with Crippen LogP contribution in [0, 0.1) is 5.92 Å². The molecule has 0 saturated heterocycles. The zero-order valence-corrected chi connectivity index (χ0v) is 17.5. The van der Waals surface area contributed by atoms with Crippen LogP contribution in [0.2, 0.25) is 5.04 Å². The largest absolute Gasteiger partial charge is 0.705 e. The third-order valence-corrected chi connectivity index (χ3v) is 9.89. The highest BCUT2D eigenvalue weighted by Gasteiger charge is 2.71. The monoisotopic (exact) mass is 402 g/mol. The normalized spacial score (nSPS) is 23.0. The van der Waals surface area contributed by atoms with E-state index < -0.39 is 8.80 Å². The fourth-order valence-electron chi connectivity index (χ4n) is 4.94. The highest BCUT2D eigenvalue weighted by molar-refractivity contribution is 6.66. The fraction of sp³-hybridized carbons (Fsp3) is 0.280. The third-order valence-electron chi connectivity index (χ3n) is 6.38. The summed E-state index contributed by atoms with van der Waals surface area (Å²) in [5.41, 5.74) is 0. The Morgan fingerprint density at radius 1 is 0.586 bits per heavy atom. The molecule has 0 aromatic heterocycles. The molecule has 3 aromatic rings. The maximum atomic E-state index is 6.81. The molecule has 2 aliphatic carbocycles. The highest BCUT2D eigenvalue weighted by atomic mass is 28.4. The minimum absolute atomic E-state index is 0.0425. The summed E-state index contributed by atoms with van der Waals surface area (Å²) in [4.78, 5) is 0. The Bertz CT molecular complexity index is 821. The van der Waals surface area contributed by atoms with Crippen molar-refractivity contribution in [2.75, 3.05) is 0 Å². The van der Waals surface area contributed by atoms with Crippen LogP contribution >= 0.6 is 0 Å². The molecule has 0 heterocycles. The van der Waals surface area contributed by atoms with Gasteiger partial charge in [-0.15, -0.1) is 0 Å². The molecule has 148 valence electrons. The molecule has 0 radical (unpaired) electrons. The van der Waals surface area contributed by atoms with E-state index in [0.29, 0.717) is 0 Å². The van der Waals surface area contributed by atoms with Crippen molar-refractivity contribution in [3.05, 3.63) is 91.0 Å². The second kappa shape index (κ2) is 7.60. The average Bonchev–Trinajstić information content (AvgIpc) is 3.39. The predicted octanol–water partition coefficient (Wildman–Crippen LogP) is 6.50. The molecule has 0 amide bonds. The van der Waals surface area contributed by atoms with Gasteiger partial charge in [0.2, 0.25) is 0 Å². The molecular weight excluding hydrogens is 376 g/mol. The standard InChI is InChI=1S/C25H26O3Si/c1-4-10-22(11-5-1)26-29(27-23-12-6-2-7-13-23,28-24-14-8-3-9-15-24)25-18-16-21(20-25)17-19-25/h1-15,21H,16-20H2. The first-order valence-electron chi connectivity index (χ1n) is 10.5. The van der Waals surface area contributed by atoms with E-state index in [1.165, 1.54) is 12.8 Å². The van der Waals surface area contributed by atoms with E-state index in [-0.39, 0.29) is 5.04 Å². The van der Waals surface area contributed by atoms with E-state index >= 15 is 0 Å². The maximum Gasteiger partial charge on any atom is 0.705 e. The van der Waals surface area contributed by atoms with E-state index in [9.17, 15) is 0 Å². The molecule has 2 bridgehead atoms. The number of benzene rings is 3. The van der Waals surface area contributed by atoms with Crippen LogP contribution in [-0.4, -0.2) is 8.80 Å². The van der Waals surface area contributed by atoms with Crippen molar-refractivity contribution in [1.29, 1.82) is 0 Å². The number of hydrogen-bond donors (Lipinski definition) is 0. The van der Waals surface area contributed by atoms with Crippen molar-refractivity contribution in [3.8, 4) is 17.2 Å². The fourth-order valence-corrected chi connectivity index (χ4v) is 8.49. The molecular formula is C25H26O3Si. The van der Waals surface area contributed by atoms with Crippen LogP contribution < -0.4 is 13.3 Å². The van der Waals surface area contributed by atoms with E-state index in [4.69, 9.17) is 13.3 Å². The first kappa shape index (κ1) is 18.3. The van der Waals surface area contributed by atoms with E-state index in [1.807, 2.05) is 91.0 Å². The Hall–Kier alpha value is -2.72. The van der Waals surface area contributed by atoms with Crippen molar-refractivity contribution in [3.63, 3.8) is 0 Å². The summed E-state index contributed by atoms with van der Waals surface area (Å²) >= 11 is 0.